The molecule has 0 saturated heterocycles. The Labute approximate surface area is 115 Å². The first-order valence-electron chi connectivity index (χ1n) is 6.56. The van der Waals surface area contributed by atoms with Crippen molar-refractivity contribution in [2.24, 2.45) is 0 Å². The Kier molecular flexibility index (Phi) is 5.83. The first-order valence-corrected chi connectivity index (χ1v) is 6.56. The molecular formula is C15H24N2O2. The second kappa shape index (κ2) is 7.14. The molecule has 1 amide bonds. The zero-order valence-corrected chi connectivity index (χ0v) is 12.5. The second-order valence-electron chi connectivity index (χ2n) is 5.18. The molecule has 0 aromatic heterocycles. The van der Waals surface area contributed by atoms with E-state index < -0.39 is 6.10 Å². The molecule has 1 aromatic carbocycles. The first-order chi connectivity index (χ1) is 8.88. The van der Waals surface area contributed by atoms with E-state index in [1.54, 1.807) is 6.92 Å². The molecule has 0 aliphatic heterocycles. The Morgan fingerprint density at radius 2 is 1.84 bits per heavy atom. The van der Waals surface area contributed by atoms with Crippen LogP contribution in [0.5, 0.6) is 5.75 Å². The topological polar surface area (TPSA) is 41.6 Å². The Hall–Kier alpha value is -1.55. The fourth-order valence-electron chi connectivity index (χ4n) is 1.81. The van der Waals surface area contributed by atoms with Gasteiger partial charge < -0.3 is 15.0 Å². The van der Waals surface area contributed by atoms with Crippen molar-refractivity contribution in [3.05, 3.63) is 29.3 Å². The van der Waals surface area contributed by atoms with E-state index in [-0.39, 0.29) is 5.91 Å². The normalized spacial score (nSPS) is 12.3. The summed E-state index contributed by atoms with van der Waals surface area (Å²) in [6, 6.07) is 5.96. The largest absolute Gasteiger partial charge is 0.481 e. The van der Waals surface area contributed by atoms with Gasteiger partial charge in [-0.2, -0.15) is 0 Å². The van der Waals surface area contributed by atoms with Gasteiger partial charge in [-0.3, -0.25) is 4.79 Å². The average molecular weight is 264 g/mol. The molecule has 1 rings (SSSR count). The summed E-state index contributed by atoms with van der Waals surface area (Å²) < 4.78 is 5.67. The molecule has 0 fully saturated rings. The van der Waals surface area contributed by atoms with Crippen LogP contribution in [0.15, 0.2) is 18.2 Å². The molecule has 4 heteroatoms. The maximum atomic E-state index is 11.8. The Bertz CT molecular complexity index is 410. The van der Waals surface area contributed by atoms with E-state index in [1.807, 2.05) is 45.0 Å². The molecule has 0 spiro atoms. The monoisotopic (exact) mass is 264 g/mol. The van der Waals surface area contributed by atoms with Crippen LogP contribution < -0.4 is 10.1 Å². The molecule has 0 saturated carbocycles. The van der Waals surface area contributed by atoms with Crippen LogP contribution in [0.2, 0.25) is 0 Å². The third-order valence-electron chi connectivity index (χ3n) is 2.74. The molecule has 4 nitrogen and oxygen atoms in total. The molecule has 1 N–H and O–H groups in total. The maximum absolute atomic E-state index is 11.8. The molecule has 106 valence electrons. The number of carbonyl (C=O) groups excluding carboxylic acids is 1. The van der Waals surface area contributed by atoms with Crippen molar-refractivity contribution in [1.82, 2.24) is 10.2 Å². The van der Waals surface area contributed by atoms with Gasteiger partial charge in [-0.15, -0.1) is 0 Å². The molecule has 0 aliphatic carbocycles. The number of amides is 1. The van der Waals surface area contributed by atoms with Crippen molar-refractivity contribution >= 4 is 5.91 Å². The highest BCUT2D eigenvalue weighted by atomic mass is 16.5. The van der Waals surface area contributed by atoms with Crippen LogP contribution in [-0.2, 0) is 4.79 Å². The third kappa shape index (κ3) is 5.75. The number of ether oxygens (including phenoxy) is 1. The van der Waals surface area contributed by atoms with Gasteiger partial charge in [0.1, 0.15) is 5.75 Å². The van der Waals surface area contributed by atoms with Crippen molar-refractivity contribution in [3.63, 3.8) is 0 Å². The number of hydrogen-bond donors (Lipinski definition) is 1. The molecule has 1 aromatic rings. The van der Waals surface area contributed by atoms with Gasteiger partial charge in [0, 0.05) is 13.1 Å². The predicted molar refractivity (Wildman–Crippen MR) is 77.6 cm³/mol. The highest BCUT2D eigenvalue weighted by Crippen LogP contribution is 2.17. The fourth-order valence-corrected chi connectivity index (χ4v) is 1.81. The minimum atomic E-state index is -0.483. The summed E-state index contributed by atoms with van der Waals surface area (Å²) in [6.07, 6.45) is -0.483. The second-order valence-corrected chi connectivity index (χ2v) is 5.18. The number of aryl methyl sites for hydroxylation is 2. The van der Waals surface area contributed by atoms with Gasteiger partial charge in [0.25, 0.3) is 5.91 Å². The lowest BCUT2D eigenvalue weighted by atomic mass is 10.1. The highest BCUT2D eigenvalue weighted by Gasteiger charge is 2.14. The van der Waals surface area contributed by atoms with Gasteiger partial charge in [0.2, 0.25) is 0 Å². The summed E-state index contributed by atoms with van der Waals surface area (Å²) >= 11 is 0. The molecule has 1 unspecified atom stereocenters. The minimum Gasteiger partial charge on any atom is -0.481 e. The van der Waals surface area contributed by atoms with E-state index in [0.29, 0.717) is 6.54 Å². The summed E-state index contributed by atoms with van der Waals surface area (Å²) in [5, 5.41) is 2.86. The predicted octanol–water partition coefficient (Wildman–Crippen LogP) is 1.75. The van der Waals surface area contributed by atoms with E-state index in [4.69, 9.17) is 4.74 Å². The molecule has 1 atom stereocenters. The van der Waals surface area contributed by atoms with Crippen LogP contribution >= 0.6 is 0 Å². The number of nitrogens with one attached hydrogen (secondary N) is 1. The van der Waals surface area contributed by atoms with Crippen molar-refractivity contribution in [1.29, 1.82) is 0 Å². The molecular weight excluding hydrogens is 240 g/mol. The third-order valence-corrected chi connectivity index (χ3v) is 2.74. The van der Waals surface area contributed by atoms with E-state index in [9.17, 15) is 4.79 Å². The number of carbonyl (C=O) groups is 1. The van der Waals surface area contributed by atoms with E-state index in [1.165, 1.54) is 0 Å². The number of hydrogen-bond acceptors (Lipinski definition) is 3. The zero-order chi connectivity index (χ0) is 14.4. The van der Waals surface area contributed by atoms with Crippen LogP contribution in [0.1, 0.15) is 18.1 Å². The lowest BCUT2D eigenvalue weighted by molar-refractivity contribution is -0.127. The van der Waals surface area contributed by atoms with Gasteiger partial charge >= 0.3 is 0 Å². The number of nitrogens with zero attached hydrogens (tertiary/aromatic N) is 1. The highest BCUT2D eigenvalue weighted by molar-refractivity contribution is 5.80. The standard InChI is InChI=1S/C15H24N2O2/c1-11-8-12(2)10-14(9-11)19-13(3)15(18)16-6-7-17(4)5/h8-10,13H,6-7H2,1-5H3,(H,16,18). The zero-order valence-electron chi connectivity index (χ0n) is 12.5. The molecule has 0 bridgehead atoms. The van der Waals surface area contributed by atoms with Crippen molar-refractivity contribution < 1.29 is 9.53 Å². The van der Waals surface area contributed by atoms with Crippen LogP contribution in [0.4, 0.5) is 0 Å². The first kappa shape index (κ1) is 15.5. The number of benzene rings is 1. The lowest BCUT2D eigenvalue weighted by Gasteiger charge is -2.16. The Morgan fingerprint density at radius 1 is 1.26 bits per heavy atom. The molecule has 0 aliphatic rings. The van der Waals surface area contributed by atoms with E-state index >= 15 is 0 Å². The van der Waals surface area contributed by atoms with Gasteiger partial charge in [0.05, 0.1) is 0 Å². The van der Waals surface area contributed by atoms with Crippen molar-refractivity contribution in [3.8, 4) is 5.75 Å². The van der Waals surface area contributed by atoms with Crippen LogP contribution in [-0.4, -0.2) is 44.1 Å². The molecule has 0 radical (unpaired) electrons. The van der Waals surface area contributed by atoms with Gasteiger partial charge in [-0.1, -0.05) is 6.07 Å². The smallest absolute Gasteiger partial charge is 0.260 e. The van der Waals surface area contributed by atoms with Gasteiger partial charge in [-0.25, -0.2) is 0 Å². The van der Waals surface area contributed by atoms with Gasteiger partial charge in [0.15, 0.2) is 6.10 Å². The molecule has 0 heterocycles. The average Bonchev–Trinajstić information content (AvgIpc) is 2.26. The maximum Gasteiger partial charge on any atom is 0.260 e. The van der Waals surface area contributed by atoms with Crippen molar-refractivity contribution in [2.45, 2.75) is 26.9 Å². The lowest BCUT2D eigenvalue weighted by Crippen LogP contribution is -2.39. The van der Waals surface area contributed by atoms with Crippen molar-refractivity contribution in [2.75, 3.05) is 27.2 Å². The number of rotatable bonds is 6. The van der Waals surface area contributed by atoms with E-state index in [2.05, 4.69) is 11.4 Å². The quantitative estimate of drug-likeness (QED) is 0.851. The summed E-state index contributed by atoms with van der Waals surface area (Å²) in [7, 11) is 3.95. The van der Waals surface area contributed by atoms with Crippen LogP contribution in [0.25, 0.3) is 0 Å². The Balaban J connectivity index is 2.49. The summed E-state index contributed by atoms with van der Waals surface area (Å²) in [5.41, 5.74) is 2.27. The van der Waals surface area contributed by atoms with Crippen LogP contribution in [0.3, 0.4) is 0 Å². The minimum absolute atomic E-state index is 0.0824. The molecule has 19 heavy (non-hydrogen) atoms. The Morgan fingerprint density at radius 3 is 2.37 bits per heavy atom. The summed E-state index contributed by atoms with van der Waals surface area (Å²) in [5.74, 6) is 0.661. The van der Waals surface area contributed by atoms with Crippen LogP contribution in [0, 0.1) is 13.8 Å². The summed E-state index contributed by atoms with van der Waals surface area (Å²) in [4.78, 5) is 13.9. The fraction of sp³-hybridized carbons (Fsp3) is 0.533. The van der Waals surface area contributed by atoms with Gasteiger partial charge in [-0.05, 0) is 58.1 Å². The SMILES string of the molecule is Cc1cc(C)cc(OC(C)C(=O)NCCN(C)C)c1. The number of likely N-dealkylation sites (N-methyl/N-ethyl adjacent to an activating group) is 1. The summed E-state index contributed by atoms with van der Waals surface area (Å²) in [6.45, 7) is 7.25. The van der Waals surface area contributed by atoms with E-state index in [0.717, 1.165) is 23.4 Å².